The van der Waals surface area contributed by atoms with Gasteiger partial charge in [-0.25, -0.2) is 4.39 Å². The van der Waals surface area contributed by atoms with Crippen LogP contribution in [0.4, 0.5) is 15.8 Å². The van der Waals surface area contributed by atoms with E-state index in [4.69, 9.17) is 25.3 Å². The normalized spacial score (nSPS) is 14.1. The number of hydrogen-bond acceptors (Lipinski definition) is 7. The molecule has 1 aliphatic heterocycles. The van der Waals surface area contributed by atoms with Crippen LogP contribution >= 0.6 is 11.6 Å². The predicted molar refractivity (Wildman–Crippen MR) is 164 cm³/mol. The van der Waals surface area contributed by atoms with Gasteiger partial charge < -0.3 is 23.9 Å². The number of methoxy groups -OCH3 is 1. The molecule has 0 radical (unpaired) electrons. The molecule has 0 aliphatic carbocycles. The molecule has 0 unspecified atom stereocenters. The number of fused-ring (bicyclic) bond motifs is 1. The van der Waals surface area contributed by atoms with Gasteiger partial charge in [-0.3, -0.25) is 4.79 Å². The van der Waals surface area contributed by atoms with E-state index in [0.29, 0.717) is 33.9 Å². The van der Waals surface area contributed by atoms with Crippen molar-refractivity contribution >= 4 is 39.0 Å². The number of benzene rings is 4. The van der Waals surface area contributed by atoms with Crippen molar-refractivity contribution in [3.63, 3.8) is 0 Å². The Morgan fingerprint density at radius 3 is 2.44 bits per heavy atom. The molecule has 0 saturated carbocycles. The maximum absolute atomic E-state index is 14.1. The third-order valence-electron chi connectivity index (χ3n) is 7.18. The number of amides is 1. The van der Waals surface area contributed by atoms with Crippen LogP contribution in [0.25, 0.3) is 11.1 Å². The quantitative estimate of drug-likeness (QED) is 0.211. The first-order valence-corrected chi connectivity index (χ1v) is 15.1. The molecular formula is C32H30ClFN2O6S. The van der Waals surface area contributed by atoms with Crippen molar-refractivity contribution in [2.45, 2.75) is 37.8 Å². The summed E-state index contributed by atoms with van der Waals surface area (Å²) in [4.78, 5) is 14.8. The van der Waals surface area contributed by atoms with Crippen molar-refractivity contribution in [1.82, 2.24) is 0 Å². The predicted octanol–water partition coefficient (Wildman–Crippen LogP) is 6.98. The van der Waals surface area contributed by atoms with Gasteiger partial charge in [0.1, 0.15) is 40.1 Å². The van der Waals surface area contributed by atoms with E-state index >= 15 is 0 Å². The molecular weight excluding hydrogens is 595 g/mol. The largest absolute Gasteiger partial charge is 0.496 e. The zero-order valence-electron chi connectivity index (χ0n) is 24.2. The number of rotatable bonds is 8. The SMILES string of the molecule is COc1cc(OS(=O)(=O)c2cccc(Cl)c2)ccc1-c1ccc2c(c1COc1cc(F)ccc1C)N(C)C(=O)C(C)(C)N2. The van der Waals surface area contributed by atoms with E-state index in [-0.39, 0.29) is 28.2 Å². The molecule has 1 N–H and O–H groups in total. The summed E-state index contributed by atoms with van der Waals surface area (Å²) in [6.45, 7) is 5.41. The fraction of sp³-hybridized carbons (Fsp3) is 0.219. The Kier molecular flexibility index (Phi) is 8.02. The van der Waals surface area contributed by atoms with Crippen molar-refractivity contribution in [3.05, 3.63) is 94.8 Å². The van der Waals surface area contributed by atoms with Crippen LogP contribution in [0.2, 0.25) is 5.02 Å². The van der Waals surface area contributed by atoms with Gasteiger partial charge in [0.05, 0.1) is 18.5 Å². The van der Waals surface area contributed by atoms with Crippen LogP contribution < -0.4 is 23.9 Å². The molecule has 1 aliphatic rings. The maximum Gasteiger partial charge on any atom is 0.339 e. The Balaban J connectivity index is 1.59. The lowest BCUT2D eigenvalue weighted by Crippen LogP contribution is -2.52. The minimum Gasteiger partial charge on any atom is -0.496 e. The summed E-state index contributed by atoms with van der Waals surface area (Å²) >= 11 is 5.97. The van der Waals surface area contributed by atoms with Gasteiger partial charge in [-0.15, -0.1) is 0 Å². The van der Waals surface area contributed by atoms with E-state index < -0.39 is 21.5 Å². The number of aryl methyl sites for hydroxylation is 1. The first kappa shape index (κ1) is 30.2. The molecule has 1 heterocycles. The summed E-state index contributed by atoms with van der Waals surface area (Å²) in [5.41, 5.74) is 3.12. The molecule has 0 saturated heterocycles. The number of ether oxygens (including phenoxy) is 2. The van der Waals surface area contributed by atoms with Gasteiger partial charge in [0.25, 0.3) is 5.91 Å². The average Bonchev–Trinajstić information content (AvgIpc) is 2.96. The van der Waals surface area contributed by atoms with Crippen LogP contribution in [0.1, 0.15) is 25.0 Å². The lowest BCUT2D eigenvalue weighted by Gasteiger charge is -2.39. The first-order chi connectivity index (χ1) is 20.3. The second-order valence-corrected chi connectivity index (χ2v) is 12.6. The number of hydrogen-bond donors (Lipinski definition) is 1. The van der Waals surface area contributed by atoms with Crippen LogP contribution in [0.5, 0.6) is 17.2 Å². The minimum absolute atomic E-state index is 0.00686. The topological polar surface area (TPSA) is 94.2 Å². The summed E-state index contributed by atoms with van der Waals surface area (Å²) in [5, 5.41) is 3.56. The van der Waals surface area contributed by atoms with E-state index in [9.17, 15) is 17.6 Å². The summed E-state index contributed by atoms with van der Waals surface area (Å²) in [5.74, 6) is 0.130. The van der Waals surface area contributed by atoms with Gasteiger partial charge in [-0.1, -0.05) is 29.8 Å². The highest BCUT2D eigenvalue weighted by molar-refractivity contribution is 7.87. The van der Waals surface area contributed by atoms with E-state index in [0.717, 1.165) is 11.3 Å². The van der Waals surface area contributed by atoms with Crippen LogP contribution in [0.3, 0.4) is 0 Å². The molecule has 11 heteroatoms. The van der Waals surface area contributed by atoms with Crippen molar-refractivity contribution in [1.29, 1.82) is 0 Å². The van der Waals surface area contributed by atoms with Gasteiger partial charge in [-0.05, 0) is 74.4 Å². The van der Waals surface area contributed by atoms with Gasteiger partial charge in [0.2, 0.25) is 0 Å². The van der Waals surface area contributed by atoms with Crippen LogP contribution in [-0.2, 0) is 21.5 Å². The van der Waals surface area contributed by atoms with Crippen LogP contribution in [0, 0.1) is 12.7 Å². The summed E-state index contributed by atoms with van der Waals surface area (Å²) in [6.07, 6.45) is 0. The highest BCUT2D eigenvalue weighted by atomic mass is 35.5. The Hall–Kier alpha value is -4.28. The van der Waals surface area contributed by atoms with Crippen molar-refractivity contribution < 1.29 is 31.3 Å². The third kappa shape index (κ3) is 5.98. The van der Waals surface area contributed by atoms with Gasteiger partial charge in [0.15, 0.2) is 0 Å². The molecule has 0 bridgehead atoms. The highest BCUT2D eigenvalue weighted by Gasteiger charge is 2.39. The van der Waals surface area contributed by atoms with Gasteiger partial charge in [-0.2, -0.15) is 8.42 Å². The maximum atomic E-state index is 14.1. The third-order valence-corrected chi connectivity index (χ3v) is 8.66. The average molecular weight is 625 g/mol. The van der Waals surface area contributed by atoms with Crippen molar-refractivity contribution in [2.75, 3.05) is 24.4 Å². The van der Waals surface area contributed by atoms with E-state index in [1.54, 1.807) is 44.0 Å². The molecule has 0 atom stereocenters. The molecule has 0 spiro atoms. The van der Waals surface area contributed by atoms with Gasteiger partial charge >= 0.3 is 10.1 Å². The standard InChI is InChI=1S/C32H30ClFN2O6S/c1-19-9-10-21(34)16-28(19)41-18-26-24(13-14-27-30(26)36(4)31(37)32(2,3)35-27)25-12-11-22(17-29(25)40-5)42-43(38,39)23-8-6-7-20(33)15-23/h6-17,35H,18H2,1-5H3. The Morgan fingerprint density at radius 1 is 0.977 bits per heavy atom. The highest BCUT2D eigenvalue weighted by Crippen LogP contribution is 2.45. The number of likely N-dealkylation sites (N-methyl/N-ethyl adjacent to an activating group) is 1. The number of carbonyl (C=O) groups is 1. The lowest BCUT2D eigenvalue weighted by atomic mass is 9.91. The second kappa shape index (κ2) is 11.4. The number of carbonyl (C=O) groups excluding carboxylic acids is 1. The van der Waals surface area contributed by atoms with Crippen molar-refractivity contribution in [2.24, 2.45) is 0 Å². The summed E-state index contributed by atoms with van der Waals surface area (Å²) < 4.78 is 57.1. The molecule has 0 fully saturated rings. The molecule has 224 valence electrons. The molecule has 8 nitrogen and oxygen atoms in total. The fourth-order valence-corrected chi connectivity index (χ4v) is 6.28. The molecule has 4 aromatic carbocycles. The molecule has 0 aromatic heterocycles. The van der Waals surface area contributed by atoms with Crippen LogP contribution in [0.15, 0.2) is 77.7 Å². The minimum atomic E-state index is -4.17. The Labute approximate surface area is 255 Å². The zero-order chi connectivity index (χ0) is 31.1. The zero-order valence-corrected chi connectivity index (χ0v) is 25.8. The number of anilines is 2. The molecule has 43 heavy (non-hydrogen) atoms. The van der Waals surface area contributed by atoms with Crippen molar-refractivity contribution in [3.8, 4) is 28.4 Å². The van der Waals surface area contributed by atoms with Crippen LogP contribution in [-0.4, -0.2) is 34.0 Å². The van der Waals surface area contributed by atoms with Gasteiger partial charge in [0, 0.05) is 35.3 Å². The monoisotopic (exact) mass is 624 g/mol. The first-order valence-electron chi connectivity index (χ1n) is 13.3. The molecule has 1 amide bonds. The molecule has 5 rings (SSSR count). The van der Waals surface area contributed by atoms with E-state index in [1.165, 1.54) is 49.6 Å². The van der Waals surface area contributed by atoms with E-state index in [1.807, 2.05) is 19.1 Å². The Morgan fingerprint density at radius 2 is 1.72 bits per heavy atom. The number of nitrogens with zero attached hydrogens (tertiary/aromatic N) is 1. The summed E-state index contributed by atoms with van der Waals surface area (Å²) in [6, 6.07) is 18.4. The summed E-state index contributed by atoms with van der Waals surface area (Å²) in [7, 11) is -1.02. The second-order valence-electron chi connectivity index (χ2n) is 10.7. The van der Waals surface area contributed by atoms with E-state index in [2.05, 4.69) is 5.32 Å². The molecule has 4 aromatic rings. The Bertz CT molecular complexity index is 1840. The smallest absolute Gasteiger partial charge is 0.339 e. The lowest BCUT2D eigenvalue weighted by molar-refractivity contribution is -0.121. The number of nitrogens with one attached hydrogen (secondary N) is 1. The fourth-order valence-electron chi connectivity index (χ4n) is 5.05. The number of halogens is 2.